The van der Waals surface area contributed by atoms with E-state index in [1.165, 1.54) is 18.4 Å². The van der Waals surface area contributed by atoms with Crippen LogP contribution >= 0.6 is 0 Å². The highest BCUT2D eigenvalue weighted by atomic mass is 16.5. The van der Waals surface area contributed by atoms with Crippen molar-refractivity contribution < 1.29 is 14.1 Å². The summed E-state index contributed by atoms with van der Waals surface area (Å²) >= 11 is 0. The number of carbonyl (C=O) groups excluding carboxylic acids is 1. The van der Waals surface area contributed by atoms with Crippen molar-refractivity contribution >= 4 is 5.97 Å². The van der Waals surface area contributed by atoms with Crippen LogP contribution in [0, 0.1) is 0 Å². The van der Waals surface area contributed by atoms with Crippen molar-refractivity contribution in [2.45, 2.75) is 32.4 Å². The first-order valence-electron chi connectivity index (χ1n) is 6.55. The molecule has 1 saturated heterocycles. The van der Waals surface area contributed by atoms with Crippen LogP contribution in [0.5, 0.6) is 0 Å². The summed E-state index contributed by atoms with van der Waals surface area (Å²) in [4.78, 5) is 13.8. The summed E-state index contributed by atoms with van der Waals surface area (Å²) in [6.07, 6.45) is 6.41. The SMILES string of the molecule is CCOC(=O)C[n+]1cccc([C@@H]2CCCN2C)c1. The maximum Gasteiger partial charge on any atom is 0.372 e. The molecule has 2 heterocycles. The summed E-state index contributed by atoms with van der Waals surface area (Å²) in [7, 11) is 2.15. The molecule has 4 nitrogen and oxygen atoms in total. The molecular formula is C14H21N2O2+. The molecule has 0 aliphatic carbocycles. The van der Waals surface area contributed by atoms with Gasteiger partial charge in [0.2, 0.25) is 6.54 Å². The van der Waals surface area contributed by atoms with E-state index in [2.05, 4.69) is 24.2 Å². The molecule has 2 rings (SSSR count). The summed E-state index contributed by atoms with van der Waals surface area (Å²) in [5, 5.41) is 0. The lowest BCUT2D eigenvalue weighted by Crippen LogP contribution is -2.39. The number of nitrogens with zero attached hydrogens (tertiary/aromatic N) is 2. The number of hydrogen-bond donors (Lipinski definition) is 0. The topological polar surface area (TPSA) is 33.4 Å². The molecule has 0 spiro atoms. The molecule has 98 valence electrons. The van der Waals surface area contributed by atoms with Crippen molar-refractivity contribution in [1.82, 2.24) is 4.90 Å². The Balaban J connectivity index is 2.07. The molecule has 0 amide bonds. The van der Waals surface area contributed by atoms with Gasteiger partial charge in [0.1, 0.15) is 0 Å². The lowest BCUT2D eigenvalue weighted by molar-refractivity contribution is -0.686. The molecule has 1 fully saturated rings. The van der Waals surface area contributed by atoms with E-state index in [-0.39, 0.29) is 12.5 Å². The smallest absolute Gasteiger partial charge is 0.372 e. The molecule has 1 aromatic rings. The summed E-state index contributed by atoms with van der Waals surface area (Å²) in [6.45, 7) is 3.70. The van der Waals surface area contributed by atoms with E-state index in [1.54, 1.807) is 0 Å². The summed E-state index contributed by atoms with van der Waals surface area (Å²) < 4.78 is 6.86. The fourth-order valence-corrected chi connectivity index (χ4v) is 2.52. The zero-order valence-electron chi connectivity index (χ0n) is 11.1. The Morgan fingerprint density at radius 3 is 3.11 bits per heavy atom. The van der Waals surface area contributed by atoms with Crippen LogP contribution < -0.4 is 4.57 Å². The van der Waals surface area contributed by atoms with Gasteiger partial charge in [-0.25, -0.2) is 4.79 Å². The average molecular weight is 249 g/mol. The molecule has 0 radical (unpaired) electrons. The van der Waals surface area contributed by atoms with Gasteiger partial charge in [-0.15, -0.1) is 0 Å². The van der Waals surface area contributed by atoms with Crippen LogP contribution in [0.15, 0.2) is 24.5 Å². The van der Waals surface area contributed by atoms with Crippen LogP contribution in [-0.4, -0.2) is 31.1 Å². The van der Waals surface area contributed by atoms with E-state index < -0.39 is 0 Å². The van der Waals surface area contributed by atoms with Crippen molar-refractivity contribution in [2.75, 3.05) is 20.2 Å². The van der Waals surface area contributed by atoms with Gasteiger partial charge in [-0.05, 0) is 39.4 Å². The van der Waals surface area contributed by atoms with Gasteiger partial charge in [0.05, 0.1) is 6.61 Å². The van der Waals surface area contributed by atoms with Gasteiger partial charge in [-0.3, -0.25) is 4.90 Å². The van der Waals surface area contributed by atoms with Crippen LogP contribution in [0.1, 0.15) is 31.4 Å². The lowest BCUT2D eigenvalue weighted by Gasteiger charge is -2.18. The molecule has 1 aliphatic heterocycles. The van der Waals surface area contributed by atoms with E-state index in [0.29, 0.717) is 12.6 Å². The van der Waals surface area contributed by atoms with Gasteiger partial charge in [-0.2, -0.15) is 4.57 Å². The van der Waals surface area contributed by atoms with Crippen molar-refractivity contribution in [3.8, 4) is 0 Å². The number of hydrogen-bond acceptors (Lipinski definition) is 3. The van der Waals surface area contributed by atoms with E-state index in [0.717, 1.165) is 6.54 Å². The Kier molecular flexibility index (Phi) is 4.31. The first kappa shape index (κ1) is 13.0. The third-order valence-electron chi connectivity index (χ3n) is 3.40. The second kappa shape index (κ2) is 5.96. The Bertz CT molecular complexity index is 420. The first-order valence-corrected chi connectivity index (χ1v) is 6.55. The lowest BCUT2D eigenvalue weighted by atomic mass is 10.1. The summed E-state index contributed by atoms with van der Waals surface area (Å²) in [5.74, 6) is -0.181. The molecule has 0 unspecified atom stereocenters. The van der Waals surface area contributed by atoms with Crippen LogP contribution in [0.4, 0.5) is 0 Å². The molecule has 1 aromatic heterocycles. The van der Waals surface area contributed by atoms with Crippen molar-refractivity contribution in [3.05, 3.63) is 30.1 Å². The van der Waals surface area contributed by atoms with Crippen molar-refractivity contribution in [1.29, 1.82) is 0 Å². The maximum atomic E-state index is 11.5. The number of esters is 1. The first-order chi connectivity index (χ1) is 8.70. The minimum Gasteiger partial charge on any atom is -0.461 e. The van der Waals surface area contributed by atoms with Gasteiger partial charge in [-0.1, -0.05) is 0 Å². The van der Waals surface area contributed by atoms with Crippen molar-refractivity contribution in [3.63, 3.8) is 0 Å². The predicted molar refractivity (Wildman–Crippen MR) is 67.9 cm³/mol. The molecule has 18 heavy (non-hydrogen) atoms. The highest BCUT2D eigenvalue weighted by Gasteiger charge is 2.24. The quantitative estimate of drug-likeness (QED) is 0.596. The minimum atomic E-state index is -0.181. The molecule has 0 saturated carbocycles. The highest BCUT2D eigenvalue weighted by molar-refractivity contribution is 5.67. The largest absolute Gasteiger partial charge is 0.461 e. The molecule has 0 N–H and O–H groups in total. The fourth-order valence-electron chi connectivity index (χ4n) is 2.52. The van der Waals surface area contributed by atoms with Gasteiger partial charge in [0.25, 0.3) is 0 Å². The monoisotopic (exact) mass is 249 g/mol. The van der Waals surface area contributed by atoms with Crippen LogP contribution in [0.2, 0.25) is 0 Å². The fraction of sp³-hybridized carbons (Fsp3) is 0.571. The van der Waals surface area contributed by atoms with Gasteiger partial charge >= 0.3 is 5.97 Å². The maximum absolute atomic E-state index is 11.5. The second-order valence-corrected chi connectivity index (χ2v) is 4.75. The zero-order valence-corrected chi connectivity index (χ0v) is 11.1. The Labute approximate surface area is 108 Å². The Morgan fingerprint density at radius 1 is 1.61 bits per heavy atom. The van der Waals surface area contributed by atoms with Crippen LogP contribution in [-0.2, 0) is 16.1 Å². The standard InChI is InChI=1S/C14H21N2O2/c1-3-18-14(17)11-16-9-4-6-12(10-16)13-7-5-8-15(13)2/h4,6,9-10,13H,3,5,7-8,11H2,1-2H3/q+1/t13-/m0/s1. The number of carbonyl (C=O) groups is 1. The number of rotatable bonds is 4. The average Bonchev–Trinajstić information content (AvgIpc) is 2.76. The van der Waals surface area contributed by atoms with Gasteiger partial charge in [0.15, 0.2) is 12.4 Å². The summed E-state index contributed by atoms with van der Waals surface area (Å²) in [5.41, 5.74) is 1.28. The number of pyridine rings is 1. The third-order valence-corrected chi connectivity index (χ3v) is 3.40. The van der Waals surface area contributed by atoms with Crippen LogP contribution in [0.25, 0.3) is 0 Å². The molecule has 1 aliphatic rings. The minimum absolute atomic E-state index is 0.181. The molecular weight excluding hydrogens is 228 g/mol. The molecule has 0 aromatic carbocycles. The predicted octanol–water partition coefficient (Wildman–Crippen LogP) is 1.30. The summed E-state index contributed by atoms with van der Waals surface area (Å²) in [6, 6.07) is 4.62. The van der Waals surface area contributed by atoms with Crippen molar-refractivity contribution in [2.24, 2.45) is 0 Å². The second-order valence-electron chi connectivity index (χ2n) is 4.75. The van der Waals surface area contributed by atoms with E-state index in [9.17, 15) is 4.79 Å². The third kappa shape index (κ3) is 3.07. The number of likely N-dealkylation sites (tertiary alicyclic amines) is 1. The molecule has 4 heteroatoms. The number of ether oxygens (including phenoxy) is 1. The number of aromatic nitrogens is 1. The zero-order chi connectivity index (χ0) is 13.0. The van der Waals surface area contributed by atoms with Gasteiger partial charge < -0.3 is 4.74 Å². The normalized spacial score (nSPS) is 20.0. The Morgan fingerprint density at radius 2 is 2.44 bits per heavy atom. The van der Waals surface area contributed by atoms with Crippen LogP contribution in [0.3, 0.4) is 0 Å². The molecule has 0 bridgehead atoms. The van der Waals surface area contributed by atoms with Gasteiger partial charge in [0, 0.05) is 17.7 Å². The van der Waals surface area contributed by atoms with E-state index in [4.69, 9.17) is 4.74 Å². The van der Waals surface area contributed by atoms with E-state index >= 15 is 0 Å². The highest BCUT2D eigenvalue weighted by Crippen LogP contribution is 2.29. The van der Waals surface area contributed by atoms with E-state index in [1.807, 2.05) is 23.8 Å². The Hall–Kier alpha value is -1.42. The molecule has 1 atom stereocenters.